The van der Waals surface area contributed by atoms with E-state index in [0.29, 0.717) is 51.2 Å². The summed E-state index contributed by atoms with van der Waals surface area (Å²) in [6, 6.07) is 12.6. The molecule has 2 N–H and O–H groups in total. The molecule has 11 heteroatoms. The number of anilines is 1. The summed E-state index contributed by atoms with van der Waals surface area (Å²) in [4.78, 5) is 13.2. The van der Waals surface area contributed by atoms with Gasteiger partial charge in [-0.15, -0.1) is 0 Å². The van der Waals surface area contributed by atoms with Crippen molar-refractivity contribution < 1.29 is 31.9 Å². The SMILES string of the molecule is CCNC(=O)c1c(-c2ccc(F)cc2)oc2cc(N(Cc3cc(F)c4c(c3)COB4O)S(C)=O)c(C3CC3)cc12. The number of hydrogen-bond acceptors (Lipinski definition) is 5. The Hall–Kier alpha value is -3.54. The van der Waals surface area contributed by atoms with Crippen LogP contribution in [0.1, 0.15) is 52.7 Å². The summed E-state index contributed by atoms with van der Waals surface area (Å²) in [5.74, 6) is -0.731. The Bertz CT molecular complexity index is 1650. The van der Waals surface area contributed by atoms with E-state index in [1.807, 2.05) is 13.0 Å². The smallest absolute Gasteiger partial charge is 0.455 e. The Balaban J connectivity index is 1.49. The van der Waals surface area contributed by atoms with Gasteiger partial charge in [0.1, 0.15) is 34.0 Å². The predicted molar refractivity (Wildman–Crippen MR) is 151 cm³/mol. The van der Waals surface area contributed by atoms with E-state index in [4.69, 9.17) is 9.07 Å². The molecule has 6 rings (SSSR count). The number of fused-ring (bicyclic) bond motifs is 2. The lowest BCUT2D eigenvalue weighted by Crippen LogP contribution is -2.32. The molecule has 0 radical (unpaired) electrons. The van der Waals surface area contributed by atoms with Crippen LogP contribution in [0.5, 0.6) is 0 Å². The number of rotatable bonds is 8. The molecule has 206 valence electrons. The summed E-state index contributed by atoms with van der Waals surface area (Å²) in [6.45, 7) is 2.48. The molecule has 40 heavy (non-hydrogen) atoms. The highest BCUT2D eigenvalue weighted by Gasteiger charge is 2.34. The number of nitrogens with one attached hydrogen (secondary N) is 1. The quantitative estimate of drug-likeness (QED) is 0.307. The third-order valence-corrected chi connectivity index (χ3v) is 8.30. The van der Waals surface area contributed by atoms with E-state index >= 15 is 0 Å². The molecule has 2 aliphatic rings. The van der Waals surface area contributed by atoms with Crippen molar-refractivity contribution in [2.24, 2.45) is 0 Å². The van der Waals surface area contributed by atoms with E-state index in [0.717, 1.165) is 18.4 Å². The summed E-state index contributed by atoms with van der Waals surface area (Å²) in [5, 5.41) is 13.4. The van der Waals surface area contributed by atoms with Gasteiger partial charge in [-0.1, -0.05) is 6.07 Å². The highest BCUT2D eigenvalue weighted by Crippen LogP contribution is 2.48. The number of halogens is 2. The topological polar surface area (TPSA) is 92.0 Å². The Kier molecular flexibility index (Phi) is 6.97. The number of nitrogens with zero attached hydrogens (tertiary/aromatic N) is 1. The summed E-state index contributed by atoms with van der Waals surface area (Å²) >= 11 is 0. The van der Waals surface area contributed by atoms with Gasteiger partial charge in [-0.05, 0) is 78.8 Å². The molecule has 4 aromatic rings. The molecule has 1 aliphatic carbocycles. The number of amides is 1. The lowest BCUT2D eigenvalue weighted by molar-refractivity contribution is 0.0957. The molecule has 1 fully saturated rings. The molecule has 1 aliphatic heterocycles. The number of furan rings is 1. The summed E-state index contributed by atoms with van der Waals surface area (Å²) < 4.78 is 54.7. The van der Waals surface area contributed by atoms with Crippen molar-refractivity contribution in [3.63, 3.8) is 0 Å². The predicted octanol–water partition coefficient (Wildman–Crippen LogP) is 4.52. The molecule has 2 heterocycles. The molecule has 1 amide bonds. The van der Waals surface area contributed by atoms with E-state index in [-0.39, 0.29) is 30.4 Å². The van der Waals surface area contributed by atoms with Crippen LogP contribution in [-0.4, -0.2) is 35.1 Å². The molecule has 0 spiro atoms. The van der Waals surface area contributed by atoms with Gasteiger partial charge in [-0.3, -0.25) is 9.10 Å². The van der Waals surface area contributed by atoms with Crippen LogP contribution in [0.4, 0.5) is 14.5 Å². The number of benzene rings is 3. The first-order chi connectivity index (χ1) is 19.2. The summed E-state index contributed by atoms with van der Waals surface area (Å²) in [7, 11) is -2.78. The van der Waals surface area contributed by atoms with Crippen LogP contribution in [0.15, 0.2) is 52.9 Å². The summed E-state index contributed by atoms with van der Waals surface area (Å²) in [6.07, 6.45) is 3.46. The third-order valence-electron chi connectivity index (χ3n) is 7.35. The van der Waals surface area contributed by atoms with Gasteiger partial charge in [0.15, 0.2) is 0 Å². The molecule has 7 nitrogen and oxygen atoms in total. The molecule has 3 aromatic carbocycles. The van der Waals surface area contributed by atoms with Gasteiger partial charge in [0.25, 0.3) is 5.91 Å². The third kappa shape index (κ3) is 4.82. The number of hydrogen-bond donors (Lipinski definition) is 2. The van der Waals surface area contributed by atoms with E-state index in [1.165, 1.54) is 18.2 Å². The normalized spacial score (nSPS) is 15.4. The second-order valence-corrected chi connectivity index (χ2v) is 11.4. The average molecular weight is 564 g/mol. The molecular weight excluding hydrogens is 537 g/mol. The van der Waals surface area contributed by atoms with Crippen LogP contribution >= 0.6 is 0 Å². The van der Waals surface area contributed by atoms with Crippen LogP contribution in [-0.2, 0) is 28.8 Å². The van der Waals surface area contributed by atoms with Crippen LogP contribution < -0.4 is 15.1 Å². The zero-order valence-corrected chi connectivity index (χ0v) is 22.8. The van der Waals surface area contributed by atoms with Gasteiger partial charge in [0.05, 0.1) is 24.4 Å². The van der Waals surface area contributed by atoms with Crippen molar-refractivity contribution >= 4 is 46.1 Å². The molecule has 0 saturated heterocycles. The fourth-order valence-electron chi connectivity index (χ4n) is 5.32. The molecule has 1 unspecified atom stereocenters. The van der Waals surface area contributed by atoms with Gasteiger partial charge in [0, 0.05) is 35.3 Å². The van der Waals surface area contributed by atoms with Gasteiger partial charge in [-0.2, -0.15) is 0 Å². The minimum atomic E-state index is -1.49. The Labute approximate surface area is 232 Å². The van der Waals surface area contributed by atoms with E-state index in [1.54, 1.807) is 34.8 Å². The highest BCUT2D eigenvalue weighted by molar-refractivity contribution is 7.85. The van der Waals surface area contributed by atoms with Crippen LogP contribution in [0, 0.1) is 11.6 Å². The monoisotopic (exact) mass is 564 g/mol. The van der Waals surface area contributed by atoms with Crippen molar-refractivity contribution in [2.75, 3.05) is 17.1 Å². The van der Waals surface area contributed by atoms with Gasteiger partial charge in [0.2, 0.25) is 0 Å². The fraction of sp³-hybridized carbons (Fsp3) is 0.276. The standard InChI is InChI=1S/C29H27BF2N2O5S/c1-3-33-29(35)26-22-12-21(17-4-5-17)24(13-25(22)39-28(26)18-6-8-20(31)9-7-18)34(40(2)37)14-16-10-19-15-38-30(36)27(19)23(32)11-16/h6-13,17,36H,3-5,14-15H2,1-2H3,(H,33,35). The van der Waals surface area contributed by atoms with Gasteiger partial charge >= 0.3 is 7.12 Å². The zero-order valence-electron chi connectivity index (χ0n) is 22.0. The Morgan fingerprint density at radius 1 is 1.18 bits per heavy atom. The van der Waals surface area contributed by atoms with E-state index < -0.39 is 29.7 Å². The second kappa shape index (κ2) is 10.5. The first-order valence-corrected chi connectivity index (χ1v) is 14.6. The first kappa shape index (κ1) is 26.7. The average Bonchev–Trinajstić information content (AvgIpc) is 3.60. The minimum Gasteiger partial charge on any atom is -0.455 e. The molecular formula is C29H27BF2N2O5S. The van der Waals surface area contributed by atoms with Crippen molar-refractivity contribution in [2.45, 2.75) is 38.8 Å². The largest absolute Gasteiger partial charge is 0.494 e. The van der Waals surface area contributed by atoms with Crippen molar-refractivity contribution in [1.82, 2.24) is 5.32 Å². The minimum absolute atomic E-state index is 0.0942. The maximum atomic E-state index is 14.8. The maximum absolute atomic E-state index is 14.8. The second-order valence-electron chi connectivity index (χ2n) is 10.1. The zero-order chi connectivity index (χ0) is 28.1. The molecule has 1 saturated carbocycles. The van der Waals surface area contributed by atoms with Crippen molar-refractivity contribution in [3.8, 4) is 11.3 Å². The molecule has 1 atom stereocenters. The highest BCUT2D eigenvalue weighted by atomic mass is 32.2. The summed E-state index contributed by atoms with van der Waals surface area (Å²) in [5.41, 5.74) is 4.23. The van der Waals surface area contributed by atoms with Crippen molar-refractivity contribution in [1.29, 1.82) is 0 Å². The Morgan fingerprint density at radius 3 is 2.60 bits per heavy atom. The van der Waals surface area contributed by atoms with Gasteiger partial charge < -0.3 is 19.4 Å². The van der Waals surface area contributed by atoms with E-state index in [9.17, 15) is 22.8 Å². The van der Waals surface area contributed by atoms with Crippen LogP contribution in [0.3, 0.4) is 0 Å². The number of carbonyl (C=O) groups is 1. The van der Waals surface area contributed by atoms with E-state index in [2.05, 4.69) is 5.32 Å². The fourth-order valence-corrected chi connectivity index (χ4v) is 6.09. The van der Waals surface area contributed by atoms with Crippen molar-refractivity contribution in [3.05, 3.63) is 82.4 Å². The van der Waals surface area contributed by atoms with Gasteiger partial charge in [-0.25, -0.2) is 13.0 Å². The lowest BCUT2D eigenvalue weighted by atomic mass is 9.78. The maximum Gasteiger partial charge on any atom is 0.494 e. The van der Waals surface area contributed by atoms with Crippen LogP contribution in [0.2, 0.25) is 0 Å². The van der Waals surface area contributed by atoms with Crippen LogP contribution in [0.25, 0.3) is 22.3 Å². The molecule has 0 bridgehead atoms. The first-order valence-electron chi connectivity index (χ1n) is 13.1. The molecule has 1 aromatic heterocycles. The lowest BCUT2D eigenvalue weighted by Gasteiger charge is -2.25. The Morgan fingerprint density at radius 2 is 1.93 bits per heavy atom. The number of carbonyl (C=O) groups excluding carboxylic acids is 1.